The molecule has 0 aliphatic carbocycles. The maximum absolute atomic E-state index is 5.77. The van der Waals surface area contributed by atoms with E-state index in [2.05, 4.69) is 37.5 Å². The van der Waals surface area contributed by atoms with Gasteiger partial charge in [0, 0.05) is 18.5 Å². The minimum absolute atomic E-state index is 0.495. The molecule has 0 aromatic carbocycles. The van der Waals surface area contributed by atoms with E-state index in [0.29, 0.717) is 16.7 Å². The predicted molar refractivity (Wildman–Crippen MR) is 64.1 cm³/mol. The molecule has 15 heavy (non-hydrogen) atoms. The molecule has 0 saturated carbocycles. The SMILES string of the molecule is Clc1cncc(Oc2ncncc2I)c1. The lowest BCUT2D eigenvalue weighted by molar-refractivity contribution is 0.455. The summed E-state index contributed by atoms with van der Waals surface area (Å²) in [6.45, 7) is 0. The van der Waals surface area contributed by atoms with Crippen LogP contribution in [0.3, 0.4) is 0 Å². The second-order valence-corrected chi connectivity index (χ2v) is 4.22. The summed E-state index contributed by atoms with van der Waals surface area (Å²) in [6.07, 6.45) is 6.21. The lowest BCUT2D eigenvalue weighted by atomic mass is 10.4. The lowest BCUT2D eigenvalue weighted by Gasteiger charge is -2.04. The van der Waals surface area contributed by atoms with Gasteiger partial charge in [-0.2, -0.15) is 0 Å². The molecule has 0 bridgehead atoms. The van der Waals surface area contributed by atoms with Crippen molar-refractivity contribution in [2.24, 2.45) is 0 Å². The van der Waals surface area contributed by atoms with E-state index in [1.54, 1.807) is 24.7 Å². The zero-order valence-corrected chi connectivity index (χ0v) is 10.3. The Balaban J connectivity index is 2.26. The standard InChI is InChI=1S/C9H5ClIN3O/c10-6-1-7(3-12-2-6)15-9-8(11)4-13-5-14-9/h1-5H. The molecule has 0 spiro atoms. The molecule has 0 aliphatic rings. The zero-order valence-electron chi connectivity index (χ0n) is 7.39. The molecule has 2 heterocycles. The number of halogens is 2. The summed E-state index contributed by atoms with van der Waals surface area (Å²) < 4.78 is 6.31. The van der Waals surface area contributed by atoms with Gasteiger partial charge in [0.25, 0.3) is 0 Å². The van der Waals surface area contributed by atoms with Gasteiger partial charge in [0.05, 0.1) is 14.8 Å². The van der Waals surface area contributed by atoms with E-state index in [1.807, 2.05) is 0 Å². The first-order valence-electron chi connectivity index (χ1n) is 3.99. The molecule has 0 radical (unpaired) electrons. The second kappa shape index (κ2) is 4.71. The molecule has 0 amide bonds. The fourth-order valence-corrected chi connectivity index (χ4v) is 1.51. The van der Waals surface area contributed by atoms with Gasteiger partial charge in [-0.25, -0.2) is 9.97 Å². The van der Waals surface area contributed by atoms with Crippen molar-refractivity contribution in [2.45, 2.75) is 0 Å². The van der Waals surface area contributed by atoms with Gasteiger partial charge in [-0.1, -0.05) is 11.6 Å². The van der Waals surface area contributed by atoms with E-state index in [4.69, 9.17) is 16.3 Å². The summed E-state index contributed by atoms with van der Waals surface area (Å²) in [5.41, 5.74) is 0. The van der Waals surface area contributed by atoms with Gasteiger partial charge >= 0.3 is 0 Å². The number of hydrogen-bond donors (Lipinski definition) is 0. The van der Waals surface area contributed by atoms with Gasteiger partial charge in [-0.05, 0) is 22.6 Å². The minimum Gasteiger partial charge on any atom is -0.436 e. The molecule has 6 heteroatoms. The van der Waals surface area contributed by atoms with E-state index in [9.17, 15) is 0 Å². The molecule has 0 saturated heterocycles. The molecule has 2 rings (SSSR count). The molecule has 0 aliphatic heterocycles. The van der Waals surface area contributed by atoms with Crippen molar-refractivity contribution >= 4 is 34.2 Å². The summed E-state index contributed by atoms with van der Waals surface area (Å²) in [4.78, 5) is 11.8. The molecule has 2 aromatic rings. The summed E-state index contributed by atoms with van der Waals surface area (Å²) >= 11 is 7.87. The first kappa shape index (κ1) is 10.6. The van der Waals surface area contributed by atoms with Crippen molar-refractivity contribution in [3.8, 4) is 11.6 Å². The van der Waals surface area contributed by atoms with Crippen molar-refractivity contribution in [3.63, 3.8) is 0 Å². The summed E-state index contributed by atoms with van der Waals surface area (Å²) in [7, 11) is 0. The fraction of sp³-hybridized carbons (Fsp3) is 0. The van der Waals surface area contributed by atoms with Crippen LogP contribution in [0.15, 0.2) is 31.0 Å². The number of aromatic nitrogens is 3. The third-order valence-corrected chi connectivity index (χ3v) is 2.47. The largest absolute Gasteiger partial charge is 0.436 e. The zero-order chi connectivity index (χ0) is 10.7. The van der Waals surface area contributed by atoms with Crippen LogP contribution < -0.4 is 4.74 Å². The van der Waals surface area contributed by atoms with E-state index >= 15 is 0 Å². The van der Waals surface area contributed by atoms with Gasteiger partial charge in [-0.3, -0.25) is 4.98 Å². The van der Waals surface area contributed by atoms with E-state index < -0.39 is 0 Å². The molecule has 0 unspecified atom stereocenters. The maximum Gasteiger partial charge on any atom is 0.235 e. The first-order chi connectivity index (χ1) is 7.25. The van der Waals surface area contributed by atoms with Crippen LogP contribution >= 0.6 is 34.2 Å². The maximum atomic E-state index is 5.77. The number of ether oxygens (including phenoxy) is 1. The normalized spacial score (nSPS) is 10.0. The monoisotopic (exact) mass is 333 g/mol. The Labute approximate surface area is 105 Å². The molecule has 2 aromatic heterocycles. The number of nitrogens with zero attached hydrogens (tertiary/aromatic N) is 3. The highest BCUT2D eigenvalue weighted by Gasteiger charge is 2.04. The first-order valence-corrected chi connectivity index (χ1v) is 5.45. The van der Waals surface area contributed by atoms with Crippen LogP contribution in [0.5, 0.6) is 11.6 Å². The molecule has 0 atom stereocenters. The van der Waals surface area contributed by atoms with Crippen molar-refractivity contribution in [1.82, 2.24) is 15.0 Å². The summed E-state index contributed by atoms with van der Waals surface area (Å²) in [5, 5.41) is 0.525. The Morgan fingerprint density at radius 2 is 2.07 bits per heavy atom. The van der Waals surface area contributed by atoms with Crippen LogP contribution in [0.25, 0.3) is 0 Å². The highest BCUT2D eigenvalue weighted by molar-refractivity contribution is 14.1. The van der Waals surface area contributed by atoms with Crippen LogP contribution in [-0.2, 0) is 0 Å². The molecule has 0 N–H and O–H groups in total. The van der Waals surface area contributed by atoms with Gasteiger partial charge in [0.2, 0.25) is 5.88 Å². The minimum atomic E-state index is 0.495. The summed E-state index contributed by atoms with van der Waals surface area (Å²) in [5.74, 6) is 1.05. The van der Waals surface area contributed by atoms with E-state index in [-0.39, 0.29) is 0 Å². The van der Waals surface area contributed by atoms with Crippen molar-refractivity contribution in [1.29, 1.82) is 0 Å². The van der Waals surface area contributed by atoms with E-state index in [1.165, 1.54) is 6.33 Å². The Bertz CT molecular complexity index is 480. The molecule has 0 fully saturated rings. The van der Waals surface area contributed by atoms with Crippen LogP contribution in [0.4, 0.5) is 0 Å². The van der Waals surface area contributed by atoms with Crippen molar-refractivity contribution in [2.75, 3.05) is 0 Å². The Morgan fingerprint density at radius 3 is 2.80 bits per heavy atom. The topological polar surface area (TPSA) is 47.9 Å². The van der Waals surface area contributed by atoms with Crippen molar-refractivity contribution in [3.05, 3.63) is 39.6 Å². The van der Waals surface area contributed by atoms with Gasteiger partial charge < -0.3 is 4.74 Å². The number of rotatable bonds is 2. The lowest BCUT2D eigenvalue weighted by Crippen LogP contribution is -1.92. The van der Waals surface area contributed by atoms with Crippen molar-refractivity contribution < 1.29 is 4.74 Å². The van der Waals surface area contributed by atoms with Gasteiger partial charge in [0.1, 0.15) is 12.1 Å². The third-order valence-electron chi connectivity index (χ3n) is 1.53. The Morgan fingerprint density at radius 1 is 1.20 bits per heavy atom. The molecule has 4 nitrogen and oxygen atoms in total. The van der Waals surface area contributed by atoms with Crippen LogP contribution in [0.1, 0.15) is 0 Å². The van der Waals surface area contributed by atoms with Gasteiger partial charge in [0.15, 0.2) is 0 Å². The average molecular weight is 334 g/mol. The number of hydrogen-bond acceptors (Lipinski definition) is 4. The smallest absolute Gasteiger partial charge is 0.235 e. The predicted octanol–water partition coefficient (Wildman–Crippen LogP) is 2.92. The molecule has 76 valence electrons. The quantitative estimate of drug-likeness (QED) is 0.793. The Hall–Kier alpha value is -0.950. The molecular formula is C9H5ClIN3O. The fourth-order valence-electron chi connectivity index (χ4n) is 0.936. The third kappa shape index (κ3) is 2.75. The van der Waals surface area contributed by atoms with Crippen LogP contribution in [0.2, 0.25) is 5.02 Å². The Kier molecular flexibility index (Phi) is 3.32. The van der Waals surface area contributed by atoms with Crippen LogP contribution in [-0.4, -0.2) is 15.0 Å². The number of pyridine rings is 1. The highest BCUT2D eigenvalue weighted by Crippen LogP contribution is 2.24. The highest BCUT2D eigenvalue weighted by atomic mass is 127. The van der Waals surface area contributed by atoms with Crippen LogP contribution in [0, 0.1) is 3.57 Å². The molecular weight excluding hydrogens is 328 g/mol. The second-order valence-electron chi connectivity index (χ2n) is 2.62. The summed E-state index contributed by atoms with van der Waals surface area (Å²) in [6, 6.07) is 1.67. The van der Waals surface area contributed by atoms with Gasteiger partial charge in [-0.15, -0.1) is 0 Å². The van der Waals surface area contributed by atoms with E-state index in [0.717, 1.165) is 3.57 Å². The average Bonchev–Trinajstić information content (AvgIpc) is 2.22.